The fourth-order valence-electron chi connectivity index (χ4n) is 4.19. The number of halogens is 2. The van der Waals surface area contributed by atoms with E-state index in [1.807, 2.05) is 45.0 Å². The summed E-state index contributed by atoms with van der Waals surface area (Å²) >= 11 is 5.90. The van der Waals surface area contributed by atoms with Crippen LogP contribution in [0.25, 0.3) is 10.9 Å². The maximum Gasteiger partial charge on any atom is 0.262 e. The second-order valence-electron chi connectivity index (χ2n) is 9.17. The van der Waals surface area contributed by atoms with E-state index in [1.54, 1.807) is 42.6 Å². The number of hydrogen-bond donors (Lipinski definition) is 2. The molecular formula is C29H28ClFN4O2. The first kappa shape index (κ1) is 26.1. The largest absolute Gasteiger partial charge is 0.340 e. The molecule has 3 aromatic carbocycles. The average Bonchev–Trinajstić information content (AvgIpc) is 3.14. The minimum atomic E-state index is -0.777. The van der Waals surface area contributed by atoms with Gasteiger partial charge in [0, 0.05) is 39.3 Å². The van der Waals surface area contributed by atoms with Crippen LogP contribution in [0.5, 0.6) is 0 Å². The molecule has 0 fully saturated rings. The Hall–Kier alpha value is -3.97. The number of para-hydroxylation sites is 1. The third-order valence-electron chi connectivity index (χ3n) is 6.24. The van der Waals surface area contributed by atoms with E-state index in [9.17, 15) is 14.0 Å². The zero-order chi connectivity index (χ0) is 26.5. The first-order valence-corrected chi connectivity index (χ1v) is 12.3. The number of fused-ring (bicyclic) bond motifs is 1. The highest BCUT2D eigenvalue weighted by molar-refractivity contribution is 6.30. The molecular weight excluding hydrogens is 491 g/mol. The van der Waals surface area contributed by atoms with E-state index in [1.165, 1.54) is 12.1 Å². The molecule has 0 aliphatic rings. The Kier molecular flexibility index (Phi) is 8.04. The third kappa shape index (κ3) is 6.06. The molecule has 1 atom stereocenters. The molecule has 4 rings (SSSR count). The SMILES string of the molecule is Cc1c(C=NNC(=O)C(NC(=O)c2ccc(Cl)cc2)C(C)C)c2ccccc2n1Cc1ccc(F)cc1. The lowest BCUT2D eigenvalue weighted by Gasteiger charge is -2.20. The molecule has 4 aromatic rings. The minimum Gasteiger partial charge on any atom is -0.340 e. The Balaban J connectivity index is 1.52. The van der Waals surface area contributed by atoms with Crippen LogP contribution in [-0.2, 0) is 11.3 Å². The lowest BCUT2D eigenvalue weighted by molar-refractivity contribution is -0.123. The second-order valence-corrected chi connectivity index (χ2v) is 9.60. The topological polar surface area (TPSA) is 75.5 Å². The smallest absolute Gasteiger partial charge is 0.262 e. The molecule has 190 valence electrons. The number of rotatable bonds is 8. The van der Waals surface area contributed by atoms with Crippen LogP contribution in [0.4, 0.5) is 4.39 Å². The van der Waals surface area contributed by atoms with Crippen LogP contribution in [0, 0.1) is 18.7 Å². The normalized spacial score (nSPS) is 12.3. The quantitative estimate of drug-likeness (QED) is 0.232. The number of nitrogens with one attached hydrogen (secondary N) is 2. The van der Waals surface area contributed by atoms with Crippen LogP contribution in [0.15, 0.2) is 77.9 Å². The molecule has 8 heteroatoms. The number of nitrogens with zero attached hydrogens (tertiary/aromatic N) is 2. The summed E-state index contributed by atoms with van der Waals surface area (Å²) in [5.41, 5.74) is 6.79. The van der Waals surface area contributed by atoms with Gasteiger partial charge in [0.15, 0.2) is 0 Å². The number of carbonyl (C=O) groups is 2. The molecule has 1 unspecified atom stereocenters. The Bertz CT molecular complexity index is 1440. The third-order valence-corrected chi connectivity index (χ3v) is 6.50. The molecule has 0 radical (unpaired) electrons. The summed E-state index contributed by atoms with van der Waals surface area (Å²) in [4.78, 5) is 25.6. The fourth-order valence-corrected chi connectivity index (χ4v) is 4.31. The molecule has 0 aliphatic heterocycles. The maximum atomic E-state index is 13.4. The van der Waals surface area contributed by atoms with Crippen molar-refractivity contribution in [2.75, 3.05) is 0 Å². The molecule has 1 aromatic heterocycles. The number of aromatic nitrogens is 1. The van der Waals surface area contributed by atoms with Gasteiger partial charge < -0.3 is 9.88 Å². The van der Waals surface area contributed by atoms with E-state index in [-0.39, 0.29) is 17.6 Å². The van der Waals surface area contributed by atoms with Gasteiger partial charge >= 0.3 is 0 Å². The number of hydrazone groups is 1. The highest BCUT2D eigenvalue weighted by atomic mass is 35.5. The Morgan fingerprint density at radius 1 is 1.03 bits per heavy atom. The zero-order valence-electron chi connectivity index (χ0n) is 20.8. The standard InChI is InChI=1S/C29H28ClFN4O2/c1-18(2)27(33-28(36)21-10-12-22(30)13-11-21)29(37)34-32-16-25-19(3)35(26-7-5-4-6-24(25)26)17-20-8-14-23(31)15-9-20/h4-16,18,27H,17H2,1-3H3,(H,33,36)(H,34,37). The van der Waals surface area contributed by atoms with Crippen molar-refractivity contribution in [3.05, 3.63) is 106 Å². The van der Waals surface area contributed by atoms with Crippen molar-refractivity contribution >= 4 is 40.5 Å². The molecule has 0 bridgehead atoms. The molecule has 0 saturated carbocycles. The predicted octanol–water partition coefficient (Wildman–Crippen LogP) is 5.70. The first-order chi connectivity index (χ1) is 17.7. The van der Waals surface area contributed by atoms with E-state index in [4.69, 9.17) is 11.6 Å². The molecule has 2 N–H and O–H groups in total. The summed E-state index contributed by atoms with van der Waals surface area (Å²) in [6.45, 7) is 6.25. The molecule has 1 heterocycles. The van der Waals surface area contributed by atoms with E-state index in [0.717, 1.165) is 27.7 Å². The van der Waals surface area contributed by atoms with Crippen molar-refractivity contribution in [1.82, 2.24) is 15.3 Å². The van der Waals surface area contributed by atoms with Gasteiger partial charge in [-0.05, 0) is 60.9 Å². The maximum absolute atomic E-state index is 13.4. The van der Waals surface area contributed by atoms with Gasteiger partial charge in [0.2, 0.25) is 0 Å². The van der Waals surface area contributed by atoms with Crippen molar-refractivity contribution in [2.24, 2.45) is 11.0 Å². The fraction of sp³-hybridized carbons (Fsp3) is 0.207. The predicted molar refractivity (Wildman–Crippen MR) is 145 cm³/mol. The van der Waals surface area contributed by atoms with Crippen molar-refractivity contribution < 1.29 is 14.0 Å². The summed E-state index contributed by atoms with van der Waals surface area (Å²) in [5, 5.41) is 8.51. The van der Waals surface area contributed by atoms with Crippen LogP contribution < -0.4 is 10.7 Å². The molecule has 0 spiro atoms. The Morgan fingerprint density at radius 3 is 2.38 bits per heavy atom. The van der Waals surface area contributed by atoms with Crippen LogP contribution in [0.3, 0.4) is 0 Å². The summed E-state index contributed by atoms with van der Waals surface area (Å²) in [6.07, 6.45) is 1.62. The van der Waals surface area contributed by atoms with Crippen molar-refractivity contribution in [2.45, 2.75) is 33.4 Å². The van der Waals surface area contributed by atoms with Gasteiger partial charge in [-0.2, -0.15) is 5.10 Å². The number of amides is 2. The molecule has 6 nitrogen and oxygen atoms in total. The van der Waals surface area contributed by atoms with Crippen LogP contribution in [0.1, 0.15) is 41.0 Å². The highest BCUT2D eigenvalue weighted by Gasteiger charge is 2.24. The summed E-state index contributed by atoms with van der Waals surface area (Å²) in [6, 6.07) is 20.0. The molecule has 37 heavy (non-hydrogen) atoms. The van der Waals surface area contributed by atoms with Gasteiger partial charge in [0.25, 0.3) is 11.8 Å². The van der Waals surface area contributed by atoms with Crippen molar-refractivity contribution in [3.63, 3.8) is 0 Å². The molecule has 2 amide bonds. The van der Waals surface area contributed by atoms with Gasteiger partial charge in [-0.1, -0.05) is 55.8 Å². The monoisotopic (exact) mass is 518 g/mol. The number of hydrogen-bond acceptors (Lipinski definition) is 3. The van der Waals surface area contributed by atoms with Crippen molar-refractivity contribution in [1.29, 1.82) is 0 Å². The lowest BCUT2D eigenvalue weighted by atomic mass is 10.0. The Labute approximate surface area is 220 Å². The van der Waals surface area contributed by atoms with Gasteiger partial charge in [-0.25, -0.2) is 9.82 Å². The van der Waals surface area contributed by atoms with E-state index >= 15 is 0 Å². The van der Waals surface area contributed by atoms with Gasteiger partial charge in [-0.15, -0.1) is 0 Å². The Morgan fingerprint density at radius 2 is 1.70 bits per heavy atom. The minimum absolute atomic E-state index is 0.161. The van der Waals surface area contributed by atoms with E-state index in [0.29, 0.717) is 17.1 Å². The first-order valence-electron chi connectivity index (χ1n) is 12.0. The molecule has 0 aliphatic carbocycles. The van der Waals surface area contributed by atoms with Gasteiger partial charge in [0.1, 0.15) is 11.9 Å². The number of benzene rings is 3. The lowest BCUT2D eigenvalue weighted by Crippen LogP contribution is -2.48. The average molecular weight is 519 g/mol. The van der Waals surface area contributed by atoms with E-state index in [2.05, 4.69) is 20.4 Å². The van der Waals surface area contributed by atoms with Crippen LogP contribution in [-0.4, -0.2) is 28.6 Å². The van der Waals surface area contributed by atoms with E-state index < -0.39 is 11.9 Å². The van der Waals surface area contributed by atoms with Crippen molar-refractivity contribution in [3.8, 4) is 0 Å². The highest BCUT2D eigenvalue weighted by Crippen LogP contribution is 2.25. The summed E-state index contributed by atoms with van der Waals surface area (Å²) in [7, 11) is 0. The van der Waals surface area contributed by atoms with Crippen LogP contribution in [0.2, 0.25) is 5.02 Å². The van der Waals surface area contributed by atoms with Gasteiger partial charge in [-0.3, -0.25) is 9.59 Å². The van der Waals surface area contributed by atoms with Crippen LogP contribution >= 0.6 is 11.6 Å². The van der Waals surface area contributed by atoms with Gasteiger partial charge in [0.05, 0.1) is 6.21 Å². The summed E-state index contributed by atoms with van der Waals surface area (Å²) < 4.78 is 15.5. The zero-order valence-corrected chi connectivity index (χ0v) is 21.6. The second kappa shape index (κ2) is 11.4. The summed E-state index contributed by atoms with van der Waals surface area (Å²) in [5.74, 6) is -1.22. The number of carbonyl (C=O) groups excluding carboxylic acids is 2. The molecule has 0 saturated heterocycles.